The van der Waals surface area contributed by atoms with E-state index < -0.39 is 11.9 Å². The van der Waals surface area contributed by atoms with Crippen molar-refractivity contribution in [1.82, 2.24) is 23.5 Å². The summed E-state index contributed by atoms with van der Waals surface area (Å²) in [5.41, 5.74) is 1.58. The van der Waals surface area contributed by atoms with Crippen LogP contribution in [0.15, 0.2) is 47.3 Å². The Morgan fingerprint density at radius 3 is 2.79 bits per heavy atom. The molecule has 3 aromatic heterocycles. The average molecular weight is 549 g/mol. The summed E-state index contributed by atoms with van der Waals surface area (Å²) in [5, 5.41) is 22.9. The zero-order valence-electron chi connectivity index (χ0n) is 17.9. The van der Waals surface area contributed by atoms with Crippen molar-refractivity contribution in [3.05, 3.63) is 70.0 Å². The molecule has 1 atom stereocenters. The van der Waals surface area contributed by atoms with Crippen molar-refractivity contribution in [3.63, 3.8) is 0 Å². The third kappa shape index (κ3) is 4.82. The molecule has 3 heterocycles. The molecule has 0 spiro atoms. The van der Waals surface area contributed by atoms with Crippen LogP contribution in [-0.2, 0) is 6.54 Å². The SMILES string of the molecule is CCn1cc(C(=O)c2nsnc2-c2ccc(F)cc2[C@@H](C)Oc2cc(Br)cnc2N(O)O)cn1. The summed E-state index contributed by atoms with van der Waals surface area (Å²) in [7, 11) is 0. The highest BCUT2D eigenvalue weighted by Gasteiger charge is 2.25. The Hall–Kier alpha value is -3.26. The molecule has 0 amide bonds. The number of benzene rings is 1. The van der Waals surface area contributed by atoms with Gasteiger partial charge in [-0.25, -0.2) is 9.37 Å². The van der Waals surface area contributed by atoms with Crippen LogP contribution in [-0.4, -0.2) is 39.7 Å². The van der Waals surface area contributed by atoms with Crippen molar-refractivity contribution in [1.29, 1.82) is 0 Å². The smallest absolute Gasteiger partial charge is 0.225 e. The number of aryl methyl sites for hydroxylation is 1. The molecule has 1 aromatic carbocycles. The lowest BCUT2D eigenvalue weighted by molar-refractivity contribution is 0.0243. The van der Waals surface area contributed by atoms with Crippen LogP contribution in [0.3, 0.4) is 0 Å². The van der Waals surface area contributed by atoms with Crippen LogP contribution >= 0.6 is 27.7 Å². The van der Waals surface area contributed by atoms with Gasteiger partial charge in [-0.2, -0.15) is 13.8 Å². The Balaban J connectivity index is 1.73. The fourth-order valence-corrected chi connectivity index (χ4v) is 4.16. The number of carbonyl (C=O) groups excluding carboxylic acids is 1. The molecule has 176 valence electrons. The molecule has 0 fully saturated rings. The molecule has 0 saturated heterocycles. The predicted octanol–water partition coefficient (Wildman–Crippen LogP) is 4.67. The Kier molecular flexibility index (Phi) is 6.97. The number of hydrogen-bond donors (Lipinski definition) is 2. The van der Waals surface area contributed by atoms with Crippen molar-refractivity contribution in [2.24, 2.45) is 0 Å². The Labute approximate surface area is 205 Å². The number of hydrogen-bond acceptors (Lipinski definition) is 10. The summed E-state index contributed by atoms with van der Waals surface area (Å²) in [5.74, 6) is -1.11. The van der Waals surface area contributed by atoms with Gasteiger partial charge in [0.2, 0.25) is 11.6 Å². The molecular weight excluding hydrogens is 531 g/mol. The van der Waals surface area contributed by atoms with Gasteiger partial charge in [0, 0.05) is 34.5 Å². The monoisotopic (exact) mass is 548 g/mol. The van der Waals surface area contributed by atoms with Gasteiger partial charge in [0.15, 0.2) is 11.4 Å². The molecule has 34 heavy (non-hydrogen) atoms. The summed E-state index contributed by atoms with van der Waals surface area (Å²) < 4.78 is 30.8. The number of aromatic nitrogens is 5. The number of halogens is 2. The van der Waals surface area contributed by atoms with Crippen LogP contribution in [0.1, 0.15) is 41.6 Å². The van der Waals surface area contributed by atoms with Gasteiger partial charge in [-0.3, -0.25) is 19.9 Å². The van der Waals surface area contributed by atoms with Crippen molar-refractivity contribution >= 4 is 39.3 Å². The molecule has 2 N–H and O–H groups in total. The van der Waals surface area contributed by atoms with Crippen molar-refractivity contribution in [2.75, 3.05) is 5.23 Å². The van der Waals surface area contributed by atoms with Crippen LogP contribution in [0.25, 0.3) is 11.3 Å². The Morgan fingerprint density at radius 1 is 1.29 bits per heavy atom. The zero-order valence-corrected chi connectivity index (χ0v) is 20.3. The molecular formula is C21H18BrFN6O4S. The average Bonchev–Trinajstić information content (AvgIpc) is 3.48. The molecule has 0 aliphatic rings. The summed E-state index contributed by atoms with van der Waals surface area (Å²) in [6, 6.07) is 5.51. The van der Waals surface area contributed by atoms with Crippen LogP contribution in [0.5, 0.6) is 5.75 Å². The summed E-state index contributed by atoms with van der Waals surface area (Å²) >= 11 is 4.12. The first-order chi connectivity index (χ1) is 16.3. The van der Waals surface area contributed by atoms with E-state index in [1.165, 1.54) is 36.7 Å². The fraction of sp³-hybridized carbons (Fsp3) is 0.190. The van der Waals surface area contributed by atoms with Gasteiger partial charge in [-0.15, -0.1) is 5.23 Å². The molecule has 0 aliphatic carbocycles. The van der Waals surface area contributed by atoms with E-state index in [2.05, 4.69) is 34.8 Å². The highest BCUT2D eigenvalue weighted by molar-refractivity contribution is 9.10. The van der Waals surface area contributed by atoms with Gasteiger partial charge in [0.05, 0.1) is 23.5 Å². The molecule has 0 bridgehead atoms. The van der Waals surface area contributed by atoms with E-state index >= 15 is 0 Å². The molecule has 10 nitrogen and oxygen atoms in total. The summed E-state index contributed by atoms with van der Waals surface area (Å²) in [4.78, 5) is 17.0. The van der Waals surface area contributed by atoms with Crippen molar-refractivity contribution in [2.45, 2.75) is 26.5 Å². The highest BCUT2D eigenvalue weighted by Crippen LogP contribution is 2.36. The van der Waals surface area contributed by atoms with E-state index in [4.69, 9.17) is 4.74 Å². The van der Waals surface area contributed by atoms with Crippen LogP contribution in [0, 0.1) is 5.82 Å². The van der Waals surface area contributed by atoms with Crippen molar-refractivity contribution < 1.29 is 24.3 Å². The lowest BCUT2D eigenvalue weighted by Crippen LogP contribution is -2.16. The first kappa shape index (κ1) is 23.9. The second kappa shape index (κ2) is 9.93. The maximum atomic E-state index is 14.3. The minimum Gasteiger partial charge on any atom is -0.482 e. The van der Waals surface area contributed by atoms with Gasteiger partial charge in [0.1, 0.15) is 17.6 Å². The molecule has 0 unspecified atom stereocenters. The minimum atomic E-state index is -0.798. The predicted molar refractivity (Wildman–Crippen MR) is 124 cm³/mol. The first-order valence-corrected chi connectivity index (χ1v) is 11.5. The lowest BCUT2D eigenvalue weighted by atomic mass is 9.97. The lowest BCUT2D eigenvalue weighted by Gasteiger charge is -2.20. The standard InChI is InChI=1S/C21H18BrFN6O4S/c1-3-28-10-12(8-25-28)20(30)19-18(26-34-27-19)15-5-4-14(23)7-16(15)11(2)33-17-6-13(22)9-24-21(17)29(31)32/h4-11,31-32H,3H2,1-2H3/t11-/m1/s1. The zero-order chi connectivity index (χ0) is 24.4. The number of carbonyl (C=O) groups is 1. The number of anilines is 1. The van der Waals surface area contributed by atoms with Gasteiger partial charge < -0.3 is 4.74 Å². The molecule has 4 aromatic rings. The Morgan fingerprint density at radius 2 is 2.09 bits per heavy atom. The van der Waals surface area contributed by atoms with E-state index in [-0.39, 0.29) is 34.0 Å². The number of pyridine rings is 1. The number of ether oxygens (including phenoxy) is 1. The van der Waals surface area contributed by atoms with Gasteiger partial charge in [-0.1, -0.05) is 0 Å². The van der Waals surface area contributed by atoms with E-state index in [0.29, 0.717) is 27.7 Å². The molecule has 0 aliphatic heterocycles. The minimum absolute atomic E-state index is 0.0294. The number of ketones is 1. The number of rotatable bonds is 8. The maximum Gasteiger partial charge on any atom is 0.225 e. The molecule has 13 heteroatoms. The quantitative estimate of drug-likeness (QED) is 0.238. The van der Waals surface area contributed by atoms with Crippen LogP contribution < -0.4 is 9.96 Å². The topological polar surface area (TPSA) is 126 Å². The largest absolute Gasteiger partial charge is 0.482 e. The van der Waals surface area contributed by atoms with Gasteiger partial charge in [-0.05, 0) is 54.0 Å². The molecule has 4 rings (SSSR count). The third-order valence-electron chi connectivity index (χ3n) is 4.92. The first-order valence-electron chi connectivity index (χ1n) is 9.98. The molecule has 0 saturated carbocycles. The Bertz CT molecular complexity index is 1340. The van der Waals surface area contributed by atoms with Crippen LogP contribution in [0.2, 0.25) is 0 Å². The van der Waals surface area contributed by atoms with Crippen molar-refractivity contribution in [3.8, 4) is 17.0 Å². The number of nitrogens with zero attached hydrogens (tertiary/aromatic N) is 6. The summed E-state index contributed by atoms with van der Waals surface area (Å²) in [6.45, 7) is 4.16. The van der Waals surface area contributed by atoms with Gasteiger partial charge in [0.25, 0.3) is 0 Å². The summed E-state index contributed by atoms with van der Waals surface area (Å²) in [6.07, 6.45) is 3.65. The highest BCUT2D eigenvalue weighted by atomic mass is 79.9. The van der Waals surface area contributed by atoms with Gasteiger partial charge >= 0.3 is 0 Å². The van der Waals surface area contributed by atoms with E-state index in [0.717, 1.165) is 11.7 Å². The normalized spacial score (nSPS) is 11.9. The molecule has 0 radical (unpaired) electrons. The second-order valence-corrected chi connectivity index (χ2v) is 8.58. The third-order valence-corrected chi connectivity index (χ3v) is 5.88. The van der Waals surface area contributed by atoms with E-state index in [9.17, 15) is 19.6 Å². The fourth-order valence-electron chi connectivity index (χ4n) is 3.29. The van der Waals surface area contributed by atoms with E-state index in [1.807, 2.05) is 6.92 Å². The van der Waals surface area contributed by atoms with Crippen LogP contribution in [0.4, 0.5) is 10.2 Å². The maximum absolute atomic E-state index is 14.3. The second-order valence-electron chi connectivity index (χ2n) is 7.13. The van der Waals surface area contributed by atoms with E-state index in [1.54, 1.807) is 17.8 Å².